The van der Waals surface area contributed by atoms with Crippen molar-refractivity contribution in [2.24, 2.45) is 0 Å². The number of fused-ring (bicyclic) bond motifs is 3. The van der Waals surface area contributed by atoms with Crippen molar-refractivity contribution in [1.29, 1.82) is 0 Å². The molecule has 0 radical (unpaired) electrons. The zero-order chi connectivity index (χ0) is 47.4. The van der Waals surface area contributed by atoms with Crippen LogP contribution in [-0.2, 0) is 56.8 Å². The Bertz CT molecular complexity index is 1780. The van der Waals surface area contributed by atoms with Gasteiger partial charge in [0.25, 0.3) is 11.4 Å². The van der Waals surface area contributed by atoms with Crippen molar-refractivity contribution in [2.75, 3.05) is 170 Å². The van der Waals surface area contributed by atoms with Crippen LogP contribution < -0.4 is 10.6 Å². The van der Waals surface area contributed by atoms with E-state index in [0.29, 0.717) is 158 Å². The fraction of sp³-hybridized carbons (Fsp3) is 0.587. The van der Waals surface area contributed by atoms with Gasteiger partial charge in [0.15, 0.2) is 0 Å². The van der Waals surface area contributed by atoms with Gasteiger partial charge in [-0.05, 0) is 34.7 Å². The fourth-order valence-electron chi connectivity index (χ4n) is 6.51. The van der Waals surface area contributed by atoms with Crippen LogP contribution in [0.3, 0.4) is 0 Å². The van der Waals surface area contributed by atoms with Crippen LogP contribution in [0.2, 0.25) is 0 Å². The third-order valence-electron chi connectivity index (χ3n) is 9.75. The largest absolute Gasteiger partial charge is 0.449 e. The molecular formula is C46H66N4O17. The number of anilines is 1. The van der Waals surface area contributed by atoms with Crippen LogP contribution in [0.1, 0.15) is 23.5 Å². The van der Waals surface area contributed by atoms with Crippen molar-refractivity contribution >= 4 is 23.2 Å². The third kappa shape index (κ3) is 23.1. The topological polar surface area (TPSA) is 238 Å². The molecule has 21 heteroatoms. The molecule has 3 aromatic rings. The van der Waals surface area contributed by atoms with E-state index in [9.17, 15) is 25.0 Å². The lowest BCUT2D eigenvalue weighted by molar-refractivity contribution is -0.393. The Kier molecular flexibility index (Phi) is 28.8. The lowest BCUT2D eigenvalue weighted by Crippen LogP contribution is -2.27. The number of hydrogen-bond acceptors (Lipinski definition) is 18. The molecule has 0 aliphatic heterocycles. The van der Waals surface area contributed by atoms with Gasteiger partial charge in [0.05, 0.1) is 155 Å². The number of amides is 1. The summed E-state index contributed by atoms with van der Waals surface area (Å²) in [6, 6.07) is 19.9. The molecule has 3 aromatic carbocycles. The Morgan fingerprint density at radius 2 is 0.866 bits per heavy atom. The van der Waals surface area contributed by atoms with E-state index in [2.05, 4.69) is 34.9 Å². The second-order valence-corrected chi connectivity index (χ2v) is 14.5. The van der Waals surface area contributed by atoms with Gasteiger partial charge in [-0.1, -0.05) is 48.5 Å². The van der Waals surface area contributed by atoms with Crippen LogP contribution in [0.25, 0.3) is 11.1 Å². The van der Waals surface area contributed by atoms with Gasteiger partial charge in [-0.15, -0.1) is 0 Å². The van der Waals surface area contributed by atoms with Crippen LogP contribution in [0, 0.1) is 20.2 Å². The number of benzene rings is 3. The number of alkyl carbamates (subject to hydrolysis) is 1. The lowest BCUT2D eigenvalue weighted by atomic mass is 9.98. The summed E-state index contributed by atoms with van der Waals surface area (Å²) >= 11 is 0. The molecule has 0 saturated carbocycles. The molecule has 1 aliphatic rings. The molecule has 21 nitrogen and oxygen atoms in total. The Hall–Kier alpha value is -4.91. The highest BCUT2D eigenvalue weighted by atomic mass is 16.6. The first-order chi connectivity index (χ1) is 33.0. The van der Waals surface area contributed by atoms with Gasteiger partial charge in [0.1, 0.15) is 12.3 Å². The minimum Gasteiger partial charge on any atom is -0.449 e. The lowest BCUT2D eigenvalue weighted by Gasteiger charge is -2.14. The Morgan fingerprint density at radius 1 is 0.478 bits per heavy atom. The molecule has 0 spiro atoms. The quantitative estimate of drug-likeness (QED) is 0.0430. The molecule has 0 atom stereocenters. The first kappa shape index (κ1) is 54.7. The molecule has 4 rings (SSSR count). The number of hydrogen-bond donors (Lipinski definition) is 2. The van der Waals surface area contributed by atoms with Crippen molar-refractivity contribution < 1.29 is 71.5 Å². The highest BCUT2D eigenvalue weighted by molar-refractivity contribution is 5.79. The van der Waals surface area contributed by atoms with Gasteiger partial charge in [0, 0.05) is 31.7 Å². The van der Waals surface area contributed by atoms with Crippen molar-refractivity contribution in [3.05, 3.63) is 98.1 Å². The van der Waals surface area contributed by atoms with E-state index in [4.69, 9.17) is 56.8 Å². The number of rotatable bonds is 42. The number of carbonyl (C=O) groups excluding carboxylic acids is 1. The van der Waals surface area contributed by atoms with Crippen LogP contribution in [-0.4, -0.2) is 181 Å². The number of nitro benzene ring substituents is 2. The van der Waals surface area contributed by atoms with Crippen LogP contribution >= 0.6 is 0 Å². The van der Waals surface area contributed by atoms with E-state index in [1.165, 1.54) is 34.4 Å². The van der Waals surface area contributed by atoms with Crippen molar-refractivity contribution in [2.45, 2.75) is 12.3 Å². The standard InChI is InChI=1S/C46H66N4O17/c51-46(67-37-43-41-8-3-1-6-39(41)40-7-2-4-9-42(40)43)48-12-5-14-56-16-18-58-20-22-60-24-26-62-28-30-64-32-34-66-35-33-65-31-29-63-27-25-61-23-21-59-19-17-57-15-13-47-44-11-10-38(49(52)53)36-45(44)50(54)55/h1-4,6-11,36,43,47H,5,12-35,37H2,(H,48,51). The first-order valence-electron chi connectivity index (χ1n) is 22.6. The zero-order valence-electron chi connectivity index (χ0n) is 38.1. The first-order valence-corrected chi connectivity index (χ1v) is 22.6. The van der Waals surface area contributed by atoms with E-state index in [0.717, 1.165) is 6.07 Å². The van der Waals surface area contributed by atoms with Gasteiger partial charge in [-0.3, -0.25) is 20.2 Å². The predicted octanol–water partition coefficient (Wildman–Crippen LogP) is 5.03. The second kappa shape index (κ2) is 35.3. The van der Waals surface area contributed by atoms with E-state index in [-0.39, 0.29) is 36.1 Å². The molecule has 0 heterocycles. The Balaban J connectivity index is 0.770. The highest BCUT2D eigenvalue weighted by Gasteiger charge is 2.29. The van der Waals surface area contributed by atoms with Gasteiger partial charge < -0.3 is 67.5 Å². The third-order valence-corrected chi connectivity index (χ3v) is 9.75. The maximum absolute atomic E-state index is 12.3. The van der Waals surface area contributed by atoms with E-state index in [1.807, 2.05) is 24.3 Å². The molecule has 1 aliphatic carbocycles. The molecule has 1 amide bonds. The number of ether oxygens (including phenoxy) is 12. The molecule has 2 N–H and O–H groups in total. The number of nitrogens with zero attached hydrogens (tertiary/aromatic N) is 2. The summed E-state index contributed by atoms with van der Waals surface area (Å²) in [5.41, 5.74) is 4.23. The average molecular weight is 947 g/mol. The molecule has 372 valence electrons. The van der Waals surface area contributed by atoms with Gasteiger partial charge in [-0.2, -0.15) is 0 Å². The monoisotopic (exact) mass is 946 g/mol. The molecule has 0 fully saturated rings. The van der Waals surface area contributed by atoms with Crippen molar-refractivity contribution in [3.8, 4) is 11.1 Å². The van der Waals surface area contributed by atoms with Crippen LogP contribution in [0.5, 0.6) is 0 Å². The van der Waals surface area contributed by atoms with Crippen molar-refractivity contribution in [1.82, 2.24) is 5.32 Å². The molecule has 0 bridgehead atoms. The zero-order valence-corrected chi connectivity index (χ0v) is 38.1. The summed E-state index contributed by atoms with van der Waals surface area (Å²) < 4.78 is 66.0. The van der Waals surface area contributed by atoms with E-state index < -0.39 is 15.9 Å². The van der Waals surface area contributed by atoms with E-state index in [1.54, 1.807) is 0 Å². The van der Waals surface area contributed by atoms with Crippen LogP contribution in [0.15, 0.2) is 66.7 Å². The van der Waals surface area contributed by atoms with Gasteiger partial charge in [0.2, 0.25) is 0 Å². The summed E-state index contributed by atoms with van der Waals surface area (Å²) in [5, 5.41) is 27.7. The maximum atomic E-state index is 12.3. The number of nitrogens with one attached hydrogen (secondary N) is 2. The SMILES string of the molecule is O=C(NCCCOCCOCCOCCOCCOCCOCCOCCOCCOCCOCCOCCNc1ccc([N+](=O)[O-])cc1[N+](=O)[O-])OCC1c2ccccc2-c2ccccc21. The van der Waals surface area contributed by atoms with Crippen molar-refractivity contribution in [3.63, 3.8) is 0 Å². The second-order valence-electron chi connectivity index (χ2n) is 14.5. The van der Waals surface area contributed by atoms with Gasteiger partial charge >= 0.3 is 6.09 Å². The summed E-state index contributed by atoms with van der Waals surface area (Å²) in [4.78, 5) is 33.0. The molecular weight excluding hydrogens is 881 g/mol. The summed E-state index contributed by atoms with van der Waals surface area (Å²) in [6.45, 7) is 10.6. The minimum absolute atomic E-state index is 0.0373. The maximum Gasteiger partial charge on any atom is 0.407 e. The summed E-state index contributed by atoms with van der Waals surface area (Å²) in [5.74, 6) is 0.0373. The minimum atomic E-state index is -0.683. The fourth-order valence-corrected chi connectivity index (χ4v) is 6.51. The highest BCUT2D eigenvalue weighted by Crippen LogP contribution is 2.44. The van der Waals surface area contributed by atoms with Crippen LogP contribution in [0.4, 0.5) is 21.9 Å². The number of non-ortho nitro benzene ring substituents is 1. The normalized spacial score (nSPS) is 11.9. The van der Waals surface area contributed by atoms with E-state index >= 15 is 0 Å². The number of nitro groups is 2. The molecule has 0 aromatic heterocycles. The summed E-state index contributed by atoms with van der Waals surface area (Å²) in [6.07, 6.45) is 0.243. The Labute approximate surface area is 391 Å². The molecule has 0 saturated heterocycles. The Morgan fingerprint density at radius 3 is 1.27 bits per heavy atom. The number of carbonyl (C=O) groups is 1. The van der Waals surface area contributed by atoms with Gasteiger partial charge in [-0.25, -0.2) is 4.79 Å². The smallest absolute Gasteiger partial charge is 0.407 e. The molecule has 67 heavy (non-hydrogen) atoms. The summed E-state index contributed by atoms with van der Waals surface area (Å²) in [7, 11) is 0. The average Bonchev–Trinajstić information content (AvgIpc) is 3.66. The molecule has 0 unspecified atom stereocenters. The predicted molar refractivity (Wildman–Crippen MR) is 245 cm³/mol.